The molecule has 2 unspecified atom stereocenters. The highest BCUT2D eigenvalue weighted by atomic mass is 32.2. The van der Waals surface area contributed by atoms with Gasteiger partial charge in [0.1, 0.15) is 5.75 Å². The minimum absolute atomic E-state index is 0.0538. The van der Waals surface area contributed by atoms with Gasteiger partial charge in [-0.1, -0.05) is 26.0 Å². The number of fused-ring (bicyclic) bond motifs is 2. The number of alkyl halides is 3. The summed E-state index contributed by atoms with van der Waals surface area (Å²) >= 11 is 0. The van der Waals surface area contributed by atoms with E-state index in [1.165, 1.54) is 30.3 Å². The molecule has 1 aliphatic heterocycles. The van der Waals surface area contributed by atoms with Crippen LogP contribution in [0.15, 0.2) is 58.4 Å². The number of benzene rings is 2. The number of para-hydroxylation sites is 1. The van der Waals surface area contributed by atoms with E-state index in [1.807, 2.05) is 0 Å². The van der Waals surface area contributed by atoms with E-state index in [-0.39, 0.29) is 22.2 Å². The van der Waals surface area contributed by atoms with E-state index in [1.54, 1.807) is 19.9 Å². The van der Waals surface area contributed by atoms with Gasteiger partial charge in [0.2, 0.25) is 0 Å². The predicted octanol–water partition coefficient (Wildman–Crippen LogP) is 4.17. The molecule has 0 radical (unpaired) electrons. The average Bonchev–Trinajstić information content (AvgIpc) is 3.22. The largest absolute Gasteiger partial charge is 0.493 e. The molecular formula is C25H26F3NO5S. The molecule has 1 aromatic heterocycles. The molecule has 3 aromatic rings. The smallest absolute Gasteiger partial charge is 0.411 e. The zero-order valence-electron chi connectivity index (χ0n) is 19.5. The molecule has 2 aromatic carbocycles. The molecule has 4 rings (SSSR count). The molecule has 0 aliphatic carbocycles. The van der Waals surface area contributed by atoms with Crippen molar-refractivity contribution in [3.8, 4) is 5.75 Å². The van der Waals surface area contributed by atoms with Crippen LogP contribution in [0, 0.1) is 0 Å². The Hall–Kier alpha value is -2.85. The molecule has 0 amide bonds. The summed E-state index contributed by atoms with van der Waals surface area (Å²) in [6, 6.07) is 7.60. The number of aliphatic hydroxyl groups is 1. The summed E-state index contributed by atoms with van der Waals surface area (Å²) in [5.74, 6) is 0.451. The summed E-state index contributed by atoms with van der Waals surface area (Å²) in [5, 5.41) is 11.1. The van der Waals surface area contributed by atoms with E-state index in [0.29, 0.717) is 29.9 Å². The highest BCUT2D eigenvalue weighted by Crippen LogP contribution is 2.44. The summed E-state index contributed by atoms with van der Waals surface area (Å²) in [6.07, 6.45) is -4.49. The number of halogens is 3. The quantitative estimate of drug-likeness (QED) is 0.539. The Balaban J connectivity index is 1.79. The lowest BCUT2D eigenvalue weighted by Crippen LogP contribution is -2.40. The molecule has 188 valence electrons. The van der Waals surface area contributed by atoms with Crippen LogP contribution < -0.4 is 10.2 Å². The number of hydrogen-bond acceptors (Lipinski definition) is 5. The van der Waals surface area contributed by atoms with E-state index >= 15 is 0 Å². The van der Waals surface area contributed by atoms with Crippen LogP contribution in [0.1, 0.15) is 37.4 Å². The van der Waals surface area contributed by atoms with E-state index < -0.39 is 39.0 Å². The van der Waals surface area contributed by atoms with Crippen LogP contribution in [-0.2, 0) is 21.7 Å². The van der Waals surface area contributed by atoms with E-state index in [9.17, 15) is 31.5 Å². The van der Waals surface area contributed by atoms with Crippen molar-refractivity contribution in [1.82, 2.24) is 4.57 Å². The van der Waals surface area contributed by atoms with Gasteiger partial charge in [0.05, 0.1) is 23.1 Å². The minimum atomic E-state index is -4.83. The van der Waals surface area contributed by atoms with Crippen molar-refractivity contribution >= 4 is 20.7 Å². The first-order chi connectivity index (χ1) is 16.2. The lowest BCUT2D eigenvalue weighted by atomic mass is 9.77. The van der Waals surface area contributed by atoms with Crippen molar-refractivity contribution in [3.63, 3.8) is 0 Å². The molecule has 0 spiro atoms. The SMILES string of the molecule is CC(C)(CC(O)C(n1ccc(=O)c2ccccc21)C(F)(F)F)c1cc(S(C)(=O)=O)cc2c1OCC2. The average molecular weight is 510 g/mol. The summed E-state index contributed by atoms with van der Waals surface area (Å²) < 4.78 is 74.1. The number of aromatic nitrogens is 1. The van der Waals surface area contributed by atoms with Crippen LogP contribution in [0.4, 0.5) is 13.2 Å². The lowest BCUT2D eigenvalue weighted by Gasteiger charge is -2.35. The molecule has 35 heavy (non-hydrogen) atoms. The standard InChI is InChI=1S/C25H26F3NO5S/c1-24(2,18-13-16(35(3,32)33)12-15-9-11-34-22(15)18)14-21(31)23(25(26,27)28)29-10-8-20(30)17-6-4-5-7-19(17)29/h4-8,10,12-13,21,23,31H,9,11,14H2,1-3H3. The summed E-state index contributed by atoms with van der Waals surface area (Å²) in [6.45, 7) is 3.63. The molecular weight excluding hydrogens is 483 g/mol. The predicted molar refractivity (Wildman–Crippen MR) is 126 cm³/mol. The minimum Gasteiger partial charge on any atom is -0.493 e. The second kappa shape index (κ2) is 8.67. The van der Waals surface area contributed by atoms with Gasteiger partial charge in [-0.25, -0.2) is 8.42 Å². The maximum Gasteiger partial charge on any atom is 0.411 e. The fourth-order valence-electron chi connectivity index (χ4n) is 4.77. The number of ether oxygens (including phenoxy) is 1. The number of pyridine rings is 1. The Morgan fingerprint density at radius 2 is 1.83 bits per heavy atom. The molecule has 10 heteroatoms. The molecule has 0 bridgehead atoms. The molecule has 2 atom stereocenters. The number of rotatable bonds is 6. The Morgan fingerprint density at radius 1 is 1.14 bits per heavy atom. The van der Waals surface area contributed by atoms with Crippen LogP contribution in [0.2, 0.25) is 0 Å². The molecule has 0 fully saturated rings. The second-order valence-corrected chi connectivity index (χ2v) is 11.6. The Labute approximate surface area is 200 Å². The van der Waals surface area contributed by atoms with Gasteiger partial charge in [-0.15, -0.1) is 0 Å². The fraction of sp³-hybridized carbons (Fsp3) is 0.400. The molecule has 0 saturated heterocycles. The Morgan fingerprint density at radius 3 is 2.49 bits per heavy atom. The first-order valence-electron chi connectivity index (χ1n) is 11.0. The molecule has 2 heterocycles. The van der Waals surface area contributed by atoms with Gasteiger partial charge in [-0.3, -0.25) is 4.79 Å². The van der Waals surface area contributed by atoms with Gasteiger partial charge in [-0.2, -0.15) is 13.2 Å². The normalized spacial score (nSPS) is 16.1. The van der Waals surface area contributed by atoms with Gasteiger partial charge >= 0.3 is 6.18 Å². The van der Waals surface area contributed by atoms with Gasteiger partial charge in [0, 0.05) is 35.9 Å². The molecule has 0 saturated carbocycles. The number of nitrogens with zero attached hydrogens (tertiary/aromatic N) is 1. The maximum atomic E-state index is 14.3. The zero-order chi connectivity index (χ0) is 25.8. The molecule has 6 nitrogen and oxygen atoms in total. The highest BCUT2D eigenvalue weighted by molar-refractivity contribution is 7.90. The number of sulfone groups is 1. The number of hydrogen-bond donors (Lipinski definition) is 1. The first kappa shape index (κ1) is 25.2. The molecule has 1 N–H and O–H groups in total. The summed E-state index contributed by atoms with van der Waals surface area (Å²) in [7, 11) is -3.58. The van der Waals surface area contributed by atoms with Crippen LogP contribution >= 0.6 is 0 Å². The van der Waals surface area contributed by atoms with Crippen molar-refractivity contribution in [2.45, 2.75) is 55.3 Å². The van der Waals surface area contributed by atoms with E-state index in [0.717, 1.165) is 23.1 Å². The number of aliphatic hydroxyl groups excluding tert-OH is 1. The summed E-state index contributed by atoms with van der Waals surface area (Å²) in [5.41, 5.74) is -0.338. The van der Waals surface area contributed by atoms with Crippen LogP contribution in [-0.4, -0.2) is 43.2 Å². The Bertz CT molecular complexity index is 1440. The lowest BCUT2D eigenvalue weighted by molar-refractivity contribution is -0.193. The Kier molecular flexibility index (Phi) is 6.25. The van der Waals surface area contributed by atoms with Gasteiger partial charge in [0.25, 0.3) is 0 Å². The third-order valence-corrected chi connectivity index (χ3v) is 7.56. The van der Waals surface area contributed by atoms with Crippen molar-refractivity contribution in [2.24, 2.45) is 0 Å². The van der Waals surface area contributed by atoms with Crippen LogP contribution in [0.5, 0.6) is 5.75 Å². The zero-order valence-corrected chi connectivity index (χ0v) is 20.3. The van der Waals surface area contributed by atoms with Crippen LogP contribution in [0.3, 0.4) is 0 Å². The van der Waals surface area contributed by atoms with E-state index in [2.05, 4.69) is 0 Å². The van der Waals surface area contributed by atoms with Crippen molar-refractivity contribution in [1.29, 1.82) is 0 Å². The van der Waals surface area contributed by atoms with Crippen LogP contribution in [0.25, 0.3) is 10.9 Å². The monoisotopic (exact) mass is 509 g/mol. The van der Waals surface area contributed by atoms with Crippen molar-refractivity contribution in [3.05, 3.63) is 70.0 Å². The van der Waals surface area contributed by atoms with Crippen molar-refractivity contribution in [2.75, 3.05) is 12.9 Å². The second-order valence-electron chi connectivity index (χ2n) is 9.58. The maximum absolute atomic E-state index is 14.3. The van der Waals surface area contributed by atoms with Gasteiger partial charge in [-0.05, 0) is 41.7 Å². The van der Waals surface area contributed by atoms with Gasteiger partial charge < -0.3 is 14.4 Å². The van der Waals surface area contributed by atoms with E-state index in [4.69, 9.17) is 4.74 Å². The topological polar surface area (TPSA) is 85.6 Å². The first-order valence-corrected chi connectivity index (χ1v) is 12.9. The summed E-state index contributed by atoms with van der Waals surface area (Å²) in [4.78, 5) is 12.2. The van der Waals surface area contributed by atoms with Gasteiger partial charge in [0.15, 0.2) is 21.3 Å². The molecule has 1 aliphatic rings. The third-order valence-electron chi connectivity index (χ3n) is 6.47. The highest BCUT2D eigenvalue weighted by Gasteiger charge is 2.48. The third kappa shape index (κ3) is 4.81. The van der Waals surface area contributed by atoms with Crippen molar-refractivity contribution < 1.29 is 31.4 Å². The fourth-order valence-corrected chi connectivity index (χ4v) is 5.46.